The van der Waals surface area contributed by atoms with Crippen molar-refractivity contribution in [3.63, 3.8) is 0 Å². The van der Waals surface area contributed by atoms with Crippen molar-refractivity contribution in [2.24, 2.45) is 5.92 Å². The number of carbonyl (C=O) groups is 2. The summed E-state index contributed by atoms with van der Waals surface area (Å²) in [5, 5.41) is 3.95. The molecule has 3 rings (SSSR count). The molecule has 150 valence electrons. The Kier molecular flexibility index (Phi) is 6.62. The molecule has 0 spiro atoms. The van der Waals surface area contributed by atoms with Crippen LogP contribution in [0, 0.1) is 5.92 Å². The lowest BCUT2D eigenvalue weighted by atomic mass is 9.85. The van der Waals surface area contributed by atoms with Gasteiger partial charge in [0.2, 0.25) is 0 Å². The largest absolute Gasteiger partial charge is 0.481 e. The molecule has 2 aromatic rings. The van der Waals surface area contributed by atoms with Crippen molar-refractivity contribution in [2.45, 2.75) is 45.6 Å². The smallest absolute Gasteiger partial charge is 0.341 e. The maximum Gasteiger partial charge on any atom is 0.341 e. The van der Waals surface area contributed by atoms with Crippen LogP contribution in [0.5, 0.6) is 5.75 Å². The van der Waals surface area contributed by atoms with Crippen molar-refractivity contribution in [3.8, 4) is 5.75 Å². The Bertz CT molecular complexity index is 879. The van der Waals surface area contributed by atoms with Gasteiger partial charge in [0, 0.05) is 9.90 Å². The van der Waals surface area contributed by atoms with Crippen molar-refractivity contribution in [3.05, 3.63) is 45.3 Å². The van der Waals surface area contributed by atoms with E-state index in [-0.39, 0.29) is 5.91 Å². The van der Waals surface area contributed by atoms with E-state index < -0.39 is 12.1 Å². The first-order valence-electron chi connectivity index (χ1n) is 9.38. The van der Waals surface area contributed by atoms with Crippen LogP contribution in [-0.2, 0) is 22.4 Å². The monoisotopic (exact) mass is 421 g/mol. The van der Waals surface area contributed by atoms with E-state index >= 15 is 0 Å². The van der Waals surface area contributed by atoms with E-state index in [0.29, 0.717) is 27.3 Å². The summed E-state index contributed by atoms with van der Waals surface area (Å²) in [5.41, 5.74) is 1.50. The van der Waals surface area contributed by atoms with Crippen molar-refractivity contribution in [1.29, 1.82) is 0 Å². The minimum Gasteiger partial charge on any atom is -0.481 e. The highest BCUT2D eigenvalue weighted by molar-refractivity contribution is 7.17. The highest BCUT2D eigenvalue weighted by atomic mass is 35.5. The van der Waals surface area contributed by atoms with E-state index in [9.17, 15) is 9.59 Å². The molecule has 1 N–H and O–H groups in total. The molecule has 0 aliphatic heterocycles. The average molecular weight is 422 g/mol. The molecule has 5 nitrogen and oxygen atoms in total. The van der Waals surface area contributed by atoms with Gasteiger partial charge in [0.1, 0.15) is 10.8 Å². The third-order valence-electron chi connectivity index (χ3n) is 5.05. The van der Waals surface area contributed by atoms with Crippen LogP contribution in [0.2, 0.25) is 5.02 Å². The van der Waals surface area contributed by atoms with E-state index in [1.54, 1.807) is 31.2 Å². The van der Waals surface area contributed by atoms with E-state index in [2.05, 4.69) is 12.2 Å². The number of esters is 1. The lowest BCUT2D eigenvalue weighted by Gasteiger charge is -2.20. The molecule has 0 saturated carbocycles. The zero-order valence-electron chi connectivity index (χ0n) is 16.2. The summed E-state index contributed by atoms with van der Waals surface area (Å²) in [5.74, 6) is 0.395. The highest BCUT2D eigenvalue weighted by Gasteiger charge is 2.30. The number of amides is 1. The molecule has 1 amide bonds. The van der Waals surface area contributed by atoms with E-state index in [1.165, 1.54) is 18.4 Å². The van der Waals surface area contributed by atoms with Gasteiger partial charge in [0.05, 0.1) is 12.7 Å². The number of ether oxygens (including phenoxy) is 2. The molecule has 0 fully saturated rings. The molecule has 1 aromatic heterocycles. The molecule has 2 atom stereocenters. The van der Waals surface area contributed by atoms with Gasteiger partial charge in [0.25, 0.3) is 5.91 Å². The van der Waals surface area contributed by atoms with Gasteiger partial charge in [-0.15, -0.1) is 11.3 Å². The van der Waals surface area contributed by atoms with Crippen LogP contribution in [0.25, 0.3) is 0 Å². The van der Waals surface area contributed by atoms with Crippen molar-refractivity contribution < 1.29 is 19.1 Å². The minimum atomic E-state index is -0.744. The number of benzene rings is 1. The van der Waals surface area contributed by atoms with Crippen LogP contribution in [0.15, 0.2) is 24.3 Å². The van der Waals surface area contributed by atoms with Crippen LogP contribution in [-0.4, -0.2) is 25.1 Å². The van der Waals surface area contributed by atoms with Gasteiger partial charge >= 0.3 is 5.97 Å². The Balaban J connectivity index is 1.79. The Morgan fingerprint density at radius 3 is 2.86 bits per heavy atom. The van der Waals surface area contributed by atoms with E-state index in [1.807, 2.05) is 0 Å². The number of thiophene rings is 1. The van der Waals surface area contributed by atoms with E-state index in [0.717, 1.165) is 36.1 Å². The van der Waals surface area contributed by atoms with E-state index in [4.69, 9.17) is 21.1 Å². The highest BCUT2D eigenvalue weighted by Crippen LogP contribution is 2.40. The summed E-state index contributed by atoms with van der Waals surface area (Å²) in [6.07, 6.45) is 3.18. The summed E-state index contributed by atoms with van der Waals surface area (Å²) < 4.78 is 10.7. The Labute approximate surface area is 174 Å². The number of fused-ring (bicyclic) bond motifs is 1. The third-order valence-corrected chi connectivity index (χ3v) is 6.45. The molecule has 1 heterocycles. The fourth-order valence-electron chi connectivity index (χ4n) is 3.42. The average Bonchev–Trinajstić information content (AvgIpc) is 3.04. The molecule has 1 aliphatic rings. The summed E-state index contributed by atoms with van der Waals surface area (Å²) in [6, 6.07) is 6.89. The standard InChI is InChI=1S/C21H24ClNO4S/c1-4-13-8-9-16-17(10-13)28-20(18(16)21(25)26-3)23-19(24)12(2)27-15-7-5-6-14(22)11-15/h5-7,11-13H,4,8-10H2,1-3H3,(H,23,24)/t12-,13+/m0/s1. The normalized spacial score (nSPS) is 16.8. The number of carbonyl (C=O) groups excluding carboxylic acids is 2. The maximum absolute atomic E-state index is 12.7. The van der Waals surface area contributed by atoms with Gasteiger partial charge in [0.15, 0.2) is 6.10 Å². The first kappa shape index (κ1) is 20.7. The zero-order chi connectivity index (χ0) is 20.3. The fourth-order valence-corrected chi connectivity index (χ4v) is 4.95. The predicted octanol–water partition coefficient (Wildman–Crippen LogP) is 5.11. The molecule has 1 aliphatic carbocycles. The Hall–Kier alpha value is -2.05. The number of anilines is 1. The van der Waals surface area contributed by atoms with Crippen LogP contribution in [0.3, 0.4) is 0 Å². The van der Waals surface area contributed by atoms with Gasteiger partial charge in [-0.25, -0.2) is 4.79 Å². The van der Waals surface area contributed by atoms with Gasteiger partial charge < -0.3 is 14.8 Å². The van der Waals surface area contributed by atoms with Gasteiger partial charge in [-0.05, 0) is 55.9 Å². The van der Waals surface area contributed by atoms with Gasteiger partial charge in [-0.2, -0.15) is 0 Å². The number of rotatable bonds is 6. The third kappa shape index (κ3) is 4.50. The fraction of sp³-hybridized carbons (Fsp3) is 0.429. The van der Waals surface area contributed by atoms with Gasteiger partial charge in [-0.3, -0.25) is 4.79 Å². The summed E-state index contributed by atoms with van der Waals surface area (Å²) in [6.45, 7) is 3.84. The van der Waals surface area contributed by atoms with Gasteiger partial charge in [-0.1, -0.05) is 31.0 Å². The molecule has 1 aromatic carbocycles. The quantitative estimate of drug-likeness (QED) is 0.658. The summed E-state index contributed by atoms with van der Waals surface area (Å²) in [7, 11) is 1.36. The van der Waals surface area contributed by atoms with Crippen molar-refractivity contribution in [2.75, 3.05) is 12.4 Å². The lowest BCUT2D eigenvalue weighted by molar-refractivity contribution is -0.122. The first-order valence-corrected chi connectivity index (χ1v) is 10.6. The second-order valence-corrected chi connectivity index (χ2v) is 8.46. The second-order valence-electron chi connectivity index (χ2n) is 6.92. The first-order chi connectivity index (χ1) is 13.4. The van der Waals surface area contributed by atoms with Crippen LogP contribution < -0.4 is 10.1 Å². The molecule has 0 unspecified atom stereocenters. The summed E-state index contributed by atoms with van der Waals surface area (Å²) in [4.78, 5) is 26.2. The SMILES string of the molecule is CC[C@@H]1CCc2c(sc(NC(=O)[C@H](C)Oc3cccc(Cl)c3)c2C(=O)OC)C1. The van der Waals surface area contributed by atoms with Crippen molar-refractivity contribution >= 4 is 39.8 Å². The Morgan fingerprint density at radius 2 is 2.18 bits per heavy atom. The van der Waals surface area contributed by atoms with Crippen molar-refractivity contribution in [1.82, 2.24) is 0 Å². The predicted molar refractivity (Wildman–Crippen MR) is 112 cm³/mol. The summed E-state index contributed by atoms with van der Waals surface area (Å²) >= 11 is 7.43. The molecule has 0 bridgehead atoms. The number of hydrogen-bond donors (Lipinski definition) is 1. The molecule has 0 saturated heterocycles. The minimum absolute atomic E-state index is 0.323. The Morgan fingerprint density at radius 1 is 1.39 bits per heavy atom. The molecule has 28 heavy (non-hydrogen) atoms. The maximum atomic E-state index is 12.7. The van der Waals surface area contributed by atoms with Crippen LogP contribution >= 0.6 is 22.9 Å². The number of halogens is 1. The number of hydrogen-bond acceptors (Lipinski definition) is 5. The molecule has 0 radical (unpaired) electrons. The van der Waals surface area contributed by atoms with Crippen LogP contribution in [0.4, 0.5) is 5.00 Å². The lowest BCUT2D eigenvalue weighted by Crippen LogP contribution is -2.30. The molecular formula is C21H24ClNO4S. The molecular weight excluding hydrogens is 398 g/mol. The van der Waals surface area contributed by atoms with Crippen LogP contribution in [0.1, 0.15) is 47.5 Å². The topological polar surface area (TPSA) is 64.6 Å². The molecule has 7 heteroatoms. The zero-order valence-corrected chi connectivity index (χ0v) is 17.8. The number of methoxy groups -OCH3 is 1. The second kappa shape index (κ2) is 8.97. The number of nitrogens with one attached hydrogen (secondary N) is 1.